The Hall–Kier alpha value is -2.07. The molecule has 1 unspecified atom stereocenters. The van der Waals surface area contributed by atoms with E-state index in [0.29, 0.717) is 6.54 Å². The van der Waals surface area contributed by atoms with Crippen LogP contribution in [0.5, 0.6) is 5.75 Å². The van der Waals surface area contributed by atoms with E-state index < -0.39 is 0 Å². The third-order valence-corrected chi connectivity index (χ3v) is 5.00. The van der Waals surface area contributed by atoms with E-state index in [1.54, 1.807) is 7.11 Å². The maximum Gasteiger partial charge on any atom is 0.191 e. The van der Waals surface area contributed by atoms with Crippen LogP contribution >= 0.6 is 24.0 Å². The summed E-state index contributed by atoms with van der Waals surface area (Å²) in [6.45, 7) is 8.91. The van der Waals surface area contributed by atoms with E-state index in [4.69, 9.17) is 14.5 Å². The maximum atomic E-state index is 5.61. The highest BCUT2D eigenvalue weighted by molar-refractivity contribution is 14.0. The second-order valence-electron chi connectivity index (χ2n) is 7.37. The minimum absolute atomic E-state index is 0. The lowest BCUT2D eigenvalue weighted by Gasteiger charge is -2.32. The molecule has 1 aromatic heterocycles. The van der Waals surface area contributed by atoms with Crippen molar-refractivity contribution in [2.75, 3.05) is 44.8 Å². The lowest BCUT2D eigenvalue weighted by Crippen LogP contribution is -2.41. The van der Waals surface area contributed by atoms with E-state index in [0.717, 1.165) is 62.3 Å². The average Bonchev–Trinajstić information content (AvgIpc) is 2.78. The van der Waals surface area contributed by atoms with Crippen LogP contribution in [0.2, 0.25) is 0 Å². The molecule has 7 nitrogen and oxygen atoms in total. The van der Waals surface area contributed by atoms with E-state index in [-0.39, 0.29) is 30.1 Å². The van der Waals surface area contributed by atoms with Crippen LogP contribution in [0, 0.1) is 0 Å². The molecule has 3 rings (SSSR count). The molecule has 8 heteroatoms. The summed E-state index contributed by atoms with van der Waals surface area (Å²) >= 11 is 0. The number of aromatic nitrogens is 1. The zero-order valence-corrected chi connectivity index (χ0v) is 21.0. The van der Waals surface area contributed by atoms with Gasteiger partial charge in [0.1, 0.15) is 11.6 Å². The highest BCUT2D eigenvalue weighted by atomic mass is 127. The number of anilines is 1. The highest BCUT2D eigenvalue weighted by Crippen LogP contribution is 2.16. The van der Waals surface area contributed by atoms with Gasteiger partial charge in [0.2, 0.25) is 0 Å². The summed E-state index contributed by atoms with van der Waals surface area (Å²) in [7, 11) is 1.68. The topological polar surface area (TPSA) is 71.0 Å². The molecule has 1 fully saturated rings. The number of halogens is 1. The van der Waals surface area contributed by atoms with Crippen LogP contribution in [-0.4, -0.2) is 56.9 Å². The van der Waals surface area contributed by atoms with Gasteiger partial charge in [0.15, 0.2) is 5.96 Å². The van der Waals surface area contributed by atoms with E-state index >= 15 is 0 Å². The third kappa shape index (κ3) is 8.17. The van der Waals surface area contributed by atoms with Crippen LogP contribution in [-0.2, 0) is 17.7 Å². The number of hydrogen-bond donors (Lipinski definition) is 2. The number of rotatable bonds is 8. The van der Waals surface area contributed by atoms with Gasteiger partial charge in [0.05, 0.1) is 26.4 Å². The predicted octanol–water partition coefficient (Wildman–Crippen LogP) is 3.23. The van der Waals surface area contributed by atoms with Gasteiger partial charge >= 0.3 is 0 Å². The standard InChI is InChI=1S/C23H33N5O2.HI/c1-4-24-23(25-12-11-19-5-8-21(29-3)9-6-19)27-16-20-7-10-22(26-15-20)28-13-14-30-18(2)17-28;/h5-10,15,18H,4,11-14,16-17H2,1-3H3,(H2,24,25,27);1H. The number of benzene rings is 1. The minimum atomic E-state index is 0. The zero-order chi connectivity index (χ0) is 21.2. The number of morpholine rings is 1. The molecule has 0 saturated carbocycles. The lowest BCUT2D eigenvalue weighted by molar-refractivity contribution is 0.0529. The lowest BCUT2D eigenvalue weighted by atomic mass is 10.1. The van der Waals surface area contributed by atoms with Crippen molar-refractivity contribution in [3.05, 3.63) is 53.7 Å². The molecule has 0 amide bonds. The Bertz CT molecular complexity index is 799. The summed E-state index contributed by atoms with van der Waals surface area (Å²) < 4.78 is 10.8. The number of pyridine rings is 1. The Morgan fingerprint density at radius 2 is 1.97 bits per heavy atom. The zero-order valence-electron chi connectivity index (χ0n) is 18.6. The van der Waals surface area contributed by atoms with Crippen molar-refractivity contribution >= 4 is 35.8 Å². The summed E-state index contributed by atoms with van der Waals surface area (Å²) in [6.07, 6.45) is 3.08. The largest absolute Gasteiger partial charge is 0.497 e. The SMILES string of the molecule is CCNC(=NCc1ccc(N2CCOC(C)C2)nc1)NCCc1ccc(OC)cc1.I. The summed E-state index contributed by atoms with van der Waals surface area (Å²) in [5.74, 6) is 2.70. The van der Waals surface area contributed by atoms with Crippen molar-refractivity contribution in [1.29, 1.82) is 0 Å². The van der Waals surface area contributed by atoms with Crippen LogP contribution in [0.15, 0.2) is 47.6 Å². The molecular weight excluding hydrogens is 505 g/mol. The number of guanidine groups is 1. The predicted molar refractivity (Wildman–Crippen MR) is 137 cm³/mol. The van der Waals surface area contributed by atoms with E-state index in [2.05, 4.69) is 58.6 Å². The molecule has 2 heterocycles. The Labute approximate surface area is 202 Å². The summed E-state index contributed by atoms with van der Waals surface area (Å²) in [5.41, 5.74) is 2.35. The third-order valence-electron chi connectivity index (χ3n) is 5.00. The van der Waals surface area contributed by atoms with Crippen molar-refractivity contribution < 1.29 is 9.47 Å². The molecule has 31 heavy (non-hydrogen) atoms. The van der Waals surface area contributed by atoms with Crippen molar-refractivity contribution in [3.63, 3.8) is 0 Å². The van der Waals surface area contributed by atoms with Crippen molar-refractivity contribution in [1.82, 2.24) is 15.6 Å². The Balaban J connectivity index is 0.00000341. The monoisotopic (exact) mass is 539 g/mol. The molecule has 1 aliphatic rings. The van der Waals surface area contributed by atoms with Gasteiger partial charge in [-0.25, -0.2) is 9.98 Å². The van der Waals surface area contributed by atoms with Gasteiger partial charge < -0.3 is 25.0 Å². The number of nitrogens with zero attached hydrogens (tertiary/aromatic N) is 3. The van der Waals surface area contributed by atoms with Gasteiger partial charge in [-0.15, -0.1) is 24.0 Å². The normalized spacial score (nSPS) is 16.4. The van der Waals surface area contributed by atoms with Gasteiger partial charge in [0, 0.05) is 32.4 Å². The minimum Gasteiger partial charge on any atom is -0.497 e. The molecule has 1 saturated heterocycles. The molecule has 0 spiro atoms. The Morgan fingerprint density at radius 1 is 1.19 bits per heavy atom. The van der Waals surface area contributed by atoms with Crippen LogP contribution in [0.3, 0.4) is 0 Å². The van der Waals surface area contributed by atoms with Gasteiger partial charge in [0.25, 0.3) is 0 Å². The second kappa shape index (κ2) is 13.4. The molecule has 2 N–H and O–H groups in total. The van der Waals surface area contributed by atoms with Gasteiger partial charge in [-0.2, -0.15) is 0 Å². The van der Waals surface area contributed by atoms with E-state index in [1.165, 1.54) is 5.56 Å². The van der Waals surface area contributed by atoms with Crippen LogP contribution in [0.4, 0.5) is 5.82 Å². The first kappa shape index (κ1) is 25.2. The number of hydrogen-bond acceptors (Lipinski definition) is 5. The number of methoxy groups -OCH3 is 1. The molecule has 2 aromatic rings. The molecule has 0 radical (unpaired) electrons. The summed E-state index contributed by atoms with van der Waals surface area (Å²) in [5, 5.41) is 6.70. The molecule has 1 atom stereocenters. The fourth-order valence-electron chi connectivity index (χ4n) is 3.35. The number of ether oxygens (including phenoxy) is 2. The smallest absolute Gasteiger partial charge is 0.191 e. The van der Waals surface area contributed by atoms with Crippen molar-refractivity contribution in [2.24, 2.45) is 4.99 Å². The Kier molecular flexibility index (Phi) is 10.9. The molecule has 0 aliphatic carbocycles. The van der Waals surface area contributed by atoms with Gasteiger partial charge in [-0.1, -0.05) is 18.2 Å². The summed E-state index contributed by atoms with van der Waals surface area (Å²) in [4.78, 5) is 11.6. The first-order valence-electron chi connectivity index (χ1n) is 10.6. The van der Waals surface area contributed by atoms with Gasteiger partial charge in [-0.3, -0.25) is 0 Å². The van der Waals surface area contributed by atoms with E-state index in [1.807, 2.05) is 18.3 Å². The van der Waals surface area contributed by atoms with Crippen molar-refractivity contribution in [3.8, 4) is 5.75 Å². The van der Waals surface area contributed by atoms with Crippen LogP contribution in [0.1, 0.15) is 25.0 Å². The fraction of sp³-hybridized carbons (Fsp3) is 0.478. The highest BCUT2D eigenvalue weighted by Gasteiger charge is 2.17. The molecule has 170 valence electrons. The van der Waals surface area contributed by atoms with Gasteiger partial charge in [-0.05, 0) is 49.6 Å². The second-order valence-corrected chi connectivity index (χ2v) is 7.37. The van der Waals surface area contributed by atoms with Crippen molar-refractivity contribution in [2.45, 2.75) is 32.9 Å². The van der Waals surface area contributed by atoms with E-state index in [9.17, 15) is 0 Å². The summed E-state index contributed by atoms with van der Waals surface area (Å²) in [6, 6.07) is 12.3. The van der Waals surface area contributed by atoms with Crippen LogP contribution < -0.4 is 20.3 Å². The number of aliphatic imine (C=N–C) groups is 1. The molecular formula is C23H34IN5O2. The fourth-order valence-corrected chi connectivity index (χ4v) is 3.35. The molecule has 0 bridgehead atoms. The number of nitrogens with one attached hydrogen (secondary N) is 2. The first-order valence-corrected chi connectivity index (χ1v) is 10.6. The molecule has 1 aliphatic heterocycles. The first-order chi connectivity index (χ1) is 14.7. The quantitative estimate of drug-likeness (QED) is 0.305. The maximum absolute atomic E-state index is 5.61. The average molecular weight is 539 g/mol. The molecule has 1 aromatic carbocycles. The van der Waals surface area contributed by atoms with Crippen LogP contribution in [0.25, 0.3) is 0 Å². The Morgan fingerprint density at radius 3 is 2.61 bits per heavy atom.